The number of sulfonamides is 1. The second kappa shape index (κ2) is 9.09. The van der Waals surface area contributed by atoms with Crippen molar-refractivity contribution in [2.75, 3.05) is 15.8 Å². The van der Waals surface area contributed by atoms with Crippen LogP contribution in [0, 0.1) is 6.92 Å². The lowest BCUT2D eigenvalue weighted by molar-refractivity contribution is -0.113. The molecular weight excluding hydrogens is 450 g/mol. The molecule has 0 bridgehead atoms. The first kappa shape index (κ1) is 21.4. The number of aryl methyl sites for hydroxylation is 1. The Hall–Kier alpha value is -2.88. The number of hydrogen-bond donors (Lipinski definition) is 2. The molecule has 2 N–H and O–H groups in total. The first-order valence-corrected chi connectivity index (χ1v) is 12.7. The highest BCUT2D eigenvalue weighted by Gasteiger charge is 2.13. The van der Waals surface area contributed by atoms with E-state index in [0.717, 1.165) is 20.7 Å². The van der Waals surface area contributed by atoms with Crippen LogP contribution in [0.1, 0.15) is 5.56 Å². The van der Waals surface area contributed by atoms with Crippen LogP contribution in [0.3, 0.4) is 0 Å². The summed E-state index contributed by atoms with van der Waals surface area (Å²) in [6.07, 6.45) is 0. The van der Waals surface area contributed by atoms with E-state index in [4.69, 9.17) is 0 Å². The molecule has 4 rings (SSSR count). The molecule has 0 aliphatic heterocycles. The predicted molar refractivity (Wildman–Crippen MR) is 127 cm³/mol. The summed E-state index contributed by atoms with van der Waals surface area (Å²) in [4.78, 5) is 17.8. The van der Waals surface area contributed by atoms with Crippen LogP contribution in [0.25, 0.3) is 10.2 Å². The average Bonchev–Trinajstić information content (AvgIpc) is 3.15. The van der Waals surface area contributed by atoms with Gasteiger partial charge in [0.2, 0.25) is 5.91 Å². The maximum atomic E-state index is 12.4. The van der Waals surface area contributed by atoms with E-state index < -0.39 is 10.0 Å². The smallest absolute Gasteiger partial charge is 0.261 e. The average molecular weight is 470 g/mol. The molecule has 6 nitrogen and oxygen atoms in total. The van der Waals surface area contributed by atoms with Gasteiger partial charge in [-0.1, -0.05) is 35.6 Å². The predicted octanol–water partition coefficient (Wildman–Crippen LogP) is 5.14. The number of hydrogen-bond acceptors (Lipinski definition) is 6. The summed E-state index contributed by atoms with van der Waals surface area (Å²) in [6.45, 7) is 2.02. The molecule has 4 aromatic rings. The highest BCUT2D eigenvalue weighted by molar-refractivity contribution is 8.00. The fraction of sp³-hybridized carbons (Fsp3) is 0.0909. The minimum atomic E-state index is -3.63. The van der Waals surface area contributed by atoms with Gasteiger partial charge in [-0.3, -0.25) is 9.52 Å². The van der Waals surface area contributed by atoms with Crippen molar-refractivity contribution in [1.82, 2.24) is 4.98 Å². The van der Waals surface area contributed by atoms with Gasteiger partial charge in [0.25, 0.3) is 10.0 Å². The van der Waals surface area contributed by atoms with Gasteiger partial charge in [-0.2, -0.15) is 0 Å². The normalized spacial score (nSPS) is 11.4. The minimum Gasteiger partial charge on any atom is -0.301 e. The van der Waals surface area contributed by atoms with E-state index in [-0.39, 0.29) is 16.6 Å². The number of aromatic nitrogens is 1. The summed E-state index contributed by atoms with van der Waals surface area (Å²) in [5.41, 5.74) is 2.48. The molecule has 9 heteroatoms. The summed E-state index contributed by atoms with van der Waals surface area (Å²) in [5.74, 6) is 0.0824. The van der Waals surface area contributed by atoms with Gasteiger partial charge in [-0.15, -0.1) is 11.8 Å². The van der Waals surface area contributed by atoms with E-state index in [1.54, 1.807) is 42.5 Å². The summed E-state index contributed by atoms with van der Waals surface area (Å²) in [6, 6.07) is 21.1. The van der Waals surface area contributed by atoms with Gasteiger partial charge in [0.05, 0.1) is 20.9 Å². The van der Waals surface area contributed by atoms with Crippen molar-refractivity contribution in [3.8, 4) is 0 Å². The summed E-state index contributed by atoms with van der Waals surface area (Å²) < 4.78 is 28.4. The lowest BCUT2D eigenvalue weighted by Gasteiger charge is -2.08. The van der Waals surface area contributed by atoms with Crippen molar-refractivity contribution in [1.29, 1.82) is 0 Å². The Kier molecular flexibility index (Phi) is 6.26. The Balaban J connectivity index is 1.33. The SMILES string of the molecule is Cc1ccc2nc(NC(=O)CSc3ccc(NS(=O)(=O)c4ccccc4)cc3)sc2c1. The van der Waals surface area contributed by atoms with Crippen LogP contribution in [0.4, 0.5) is 10.8 Å². The highest BCUT2D eigenvalue weighted by Crippen LogP contribution is 2.27. The van der Waals surface area contributed by atoms with Crippen molar-refractivity contribution in [3.05, 3.63) is 78.4 Å². The quantitative estimate of drug-likeness (QED) is 0.366. The summed E-state index contributed by atoms with van der Waals surface area (Å²) in [7, 11) is -3.63. The van der Waals surface area contributed by atoms with Crippen LogP contribution in [-0.4, -0.2) is 25.1 Å². The largest absolute Gasteiger partial charge is 0.301 e. The van der Waals surface area contributed by atoms with Gasteiger partial charge in [0, 0.05) is 10.6 Å². The third-order valence-corrected chi connectivity index (χ3v) is 7.66. The van der Waals surface area contributed by atoms with Crippen LogP contribution >= 0.6 is 23.1 Å². The number of nitrogens with one attached hydrogen (secondary N) is 2. The van der Waals surface area contributed by atoms with Gasteiger partial charge >= 0.3 is 0 Å². The zero-order valence-corrected chi connectivity index (χ0v) is 19.0. The summed E-state index contributed by atoms with van der Waals surface area (Å²) in [5, 5.41) is 3.42. The molecule has 0 aliphatic rings. The lowest BCUT2D eigenvalue weighted by atomic mass is 10.2. The molecule has 3 aromatic carbocycles. The van der Waals surface area contributed by atoms with Gasteiger partial charge in [0.15, 0.2) is 5.13 Å². The van der Waals surface area contributed by atoms with Gasteiger partial charge in [-0.05, 0) is 61.0 Å². The Morgan fingerprint density at radius 3 is 2.52 bits per heavy atom. The zero-order chi connectivity index (χ0) is 21.8. The third kappa shape index (κ3) is 5.43. The Labute approximate surface area is 188 Å². The molecule has 31 heavy (non-hydrogen) atoms. The van der Waals surface area contributed by atoms with E-state index in [0.29, 0.717) is 10.8 Å². The van der Waals surface area contributed by atoms with Crippen LogP contribution in [0.5, 0.6) is 0 Å². The van der Waals surface area contributed by atoms with E-state index in [1.165, 1.54) is 35.2 Å². The van der Waals surface area contributed by atoms with Crippen LogP contribution in [0.15, 0.2) is 82.6 Å². The summed E-state index contributed by atoms with van der Waals surface area (Å²) >= 11 is 2.82. The standard InChI is InChI=1S/C22H19N3O3S3/c1-15-7-12-19-20(13-15)30-22(23-19)24-21(26)14-29-17-10-8-16(9-11-17)25-31(27,28)18-5-3-2-4-6-18/h2-13,25H,14H2,1H3,(H,23,24,26). The molecule has 0 aliphatic carbocycles. The number of amides is 1. The molecular formula is C22H19N3O3S3. The zero-order valence-electron chi connectivity index (χ0n) is 16.5. The molecule has 0 fully saturated rings. The molecule has 158 valence electrons. The maximum absolute atomic E-state index is 12.4. The molecule has 1 amide bonds. The van der Waals surface area contributed by atoms with E-state index in [2.05, 4.69) is 15.0 Å². The Bertz CT molecular complexity index is 1320. The second-order valence-electron chi connectivity index (χ2n) is 6.77. The van der Waals surface area contributed by atoms with E-state index in [9.17, 15) is 13.2 Å². The number of benzene rings is 3. The highest BCUT2D eigenvalue weighted by atomic mass is 32.2. The number of anilines is 2. The van der Waals surface area contributed by atoms with Crippen LogP contribution in [0.2, 0.25) is 0 Å². The first-order chi connectivity index (χ1) is 14.9. The number of carbonyl (C=O) groups excluding carboxylic acids is 1. The lowest BCUT2D eigenvalue weighted by Crippen LogP contribution is -2.13. The molecule has 0 radical (unpaired) electrons. The fourth-order valence-corrected chi connectivity index (χ4v) is 5.58. The molecule has 0 unspecified atom stereocenters. The molecule has 0 saturated heterocycles. The molecule has 0 saturated carbocycles. The molecule has 1 heterocycles. The number of carbonyl (C=O) groups is 1. The van der Waals surface area contributed by atoms with Crippen molar-refractivity contribution in [2.24, 2.45) is 0 Å². The topological polar surface area (TPSA) is 88.2 Å². The first-order valence-electron chi connectivity index (χ1n) is 9.37. The monoisotopic (exact) mass is 469 g/mol. The van der Waals surface area contributed by atoms with Crippen molar-refractivity contribution in [3.63, 3.8) is 0 Å². The minimum absolute atomic E-state index is 0.144. The number of thiazole rings is 1. The molecule has 0 atom stereocenters. The van der Waals surface area contributed by atoms with Gasteiger partial charge in [0.1, 0.15) is 0 Å². The second-order valence-corrected chi connectivity index (χ2v) is 10.5. The van der Waals surface area contributed by atoms with Crippen LogP contribution in [-0.2, 0) is 14.8 Å². The van der Waals surface area contributed by atoms with Crippen molar-refractivity contribution >= 4 is 60.1 Å². The Morgan fingerprint density at radius 1 is 1.03 bits per heavy atom. The molecule has 1 aromatic heterocycles. The van der Waals surface area contributed by atoms with E-state index >= 15 is 0 Å². The van der Waals surface area contributed by atoms with Gasteiger partial charge in [-0.25, -0.2) is 13.4 Å². The van der Waals surface area contributed by atoms with Crippen molar-refractivity contribution < 1.29 is 13.2 Å². The molecule has 0 spiro atoms. The maximum Gasteiger partial charge on any atom is 0.261 e. The number of fused-ring (bicyclic) bond motifs is 1. The fourth-order valence-electron chi connectivity index (χ4n) is 2.82. The number of rotatable bonds is 7. The van der Waals surface area contributed by atoms with E-state index in [1.807, 2.05) is 25.1 Å². The van der Waals surface area contributed by atoms with Gasteiger partial charge < -0.3 is 5.32 Å². The van der Waals surface area contributed by atoms with Crippen LogP contribution < -0.4 is 10.0 Å². The number of nitrogens with zero attached hydrogens (tertiary/aromatic N) is 1. The third-order valence-electron chi connectivity index (χ3n) is 4.32. The number of thioether (sulfide) groups is 1. The van der Waals surface area contributed by atoms with Crippen molar-refractivity contribution in [2.45, 2.75) is 16.7 Å². The Morgan fingerprint density at radius 2 is 1.77 bits per heavy atom.